The van der Waals surface area contributed by atoms with Gasteiger partial charge in [-0.15, -0.1) is 0 Å². The molecule has 2 unspecified atom stereocenters. The summed E-state index contributed by atoms with van der Waals surface area (Å²) in [4.78, 5) is 18.2. The van der Waals surface area contributed by atoms with Crippen LogP contribution in [0.25, 0.3) is 0 Å². The topological polar surface area (TPSA) is 77.2 Å². The molecule has 0 bridgehead atoms. The third kappa shape index (κ3) is 4.24. The molecule has 2 N–H and O–H groups in total. The van der Waals surface area contributed by atoms with Gasteiger partial charge < -0.3 is 15.2 Å². The number of guanidine groups is 1. The molecular weight excluding hydrogens is 375 g/mol. The molecule has 2 heterocycles. The molecule has 9 heteroatoms. The average molecular weight is 399 g/mol. The first-order valence-electron chi connectivity index (χ1n) is 9.27. The fraction of sp³-hybridized carbons (Fsp3) is 0.579. The Hall–Kier alpha value is -2.29. The van der Waals surface area contributed by atoms with E-state index in [0.29, 0.717) is 13.0 Å². The Labute approximate surface area is 161 Å². The van der Waals surface area contributed by atoms with Crippen LogP contribution < -0.4 is 10.5 Å². The zero-order chi connectivity index (χ0) is 20.3. The lowest BCUT2D eigenvalue weighted by Gasteiger charge is -2.45. The summed E-state index contributed by atoms with van der Waals surface area (Å²) < 4.78 is 49.7. The van der Waals surface area contributed by atoms with Crippen molar-refractivity contribution in [3.8, 4) is 5.75 Å². The maximum absolute atomic E-state index is 14.6. The van der Waals surface area contributed by atoms with E-state index in [-0.39, 0.29) is 29.8 Å². The number of hydrogen-bond donors (Lipinski definition) is 1. The zero-order valence-electron chi connectivity index (χ0n) is 15.7. The predicted octanol–water partition coefficient (Wildman–Crippen LogP) is 2.66. The van der Waals surface area contributed by atoms with Crippen molar-refractivity contribution in [2.24, 2.45) is 16.6 Å². The van der Waals surface area contributed by atoms with E-state index in [1.54, 1.807) is 0 Å². The molecule has 1 aliphatic carbocycles. The van der Waals surface area contributed by atoms with E-state index in [4.69, 9.17) is 15.2 Å². The summed E-state index contributed by atoms with van der Waals surface area (Å²) in [6.45, 7) is -0.511. The van der Waals surface area contributed by atoms with Crippen LogP contribution in [0.1, 0.15) is 31.2 Å². The number of hydrogen-bond acceptors (Lipinski definition) is 5. The van der Waals surface area contributed by atoms with Crippen LogP contribution in [0, 0.1) is 11.7 Å². The molecule has 1 aromatic rings. The third-order valence-corrected chi connectivity index (χ3v) is 4.87. The molecule has 1 aromatic carbocycles. The number of amides is 1. The Morgan fingerprint density at radius 2 is 2.11 bits per heavy atom. The predicted molar refractivity (Wildman–Crippen MR) is 96.7 cm³/mol. The van der Waals surface area contributed by atoms with Gasteiger partial charge in [0.1, 0.15) is 23.7 Å². The van der Waals surface area contributed by atoms with E-state index < -0.39 is 30.3 Å². The van der Waals surface area contributed by atoms with Crippen molar-refractivity contribution >= 4 is 11.9 Å². The fourth-order valence-electron chi connectivity index (χ4n) is 3.24. The van der Waals surface area contributed by atoms with Crippen molar-refractivity contribution in [1.29, 1.82) is 0 Å². The van der Waals surface area contributed by atoms with Crippen LogP contribution in [0.3, 0.4) is 0 Å². The number of nitrogens with zero attached hydrogens (tertiary/aromatic N) is 2. The SMILES string of the molecule is C1CC1.CN1C(=O)C2CCOCC2(c2cc(OCC(F)F)ccc2F)N=C1N. The summed E-state index contributed by atoms with van der Waals surface area (Å²) in [5, 5.41) is 0. The molecule has 0 aromatic heterocycles. The second-order valence-corrected chi connectivity index (χ2v) is 7.09. The number of halogens is 3. The van der Waals surface area contributed by atoms with Gasteiger partial charge in [-0.05, 0) is 24.6 Å². The van der Waals surface area contributed by atoms with Crippen molar-refractivity contribution < 1.29 is 27.4 Å². The Morgan fingerprint density at radius 1 is 1.39 bits per heavy atom. The number of benzene rings is 1. The number of rotatable bonds is 4. The summed E-state index contributed by atoms with van der Waals surface area (Å²) in [5.41, 5.74) is 4.55. The van der Waals surface area contributed by atoms with Crippen molar-refractivity contribution in [3.63, 3.8) is 0 Å². The van der Waals surface area contributed by atoms with E-state index >= 15 is 0 Å². The molecule has 2 fully saturated rings. The highest BCUT2D eigenvalue weighted by Gasteiger charge is 2.52. The highest BCUT2D eigenvalue weighted by Crippen LogP contribution is 2.44. The van der Waals surface area contributed by atoms with Gasteiger partial charge in [-0.25, -0.2) is 18.2 Å². The number of alkyl halides is 2. The van der Waals surface area contributed by atoms with Gasteiger partial charge in [0.25, 0.3) is 6.43 Å². The van der Waals surface area contributed by atoms with Gasteiger partial charge in [-0.3, -0.25) is 9.69 Å². The van der Waals surface area contributed by atoms with E-state index in [0.717, 1.165) is 6.07 Å². The minimum Gasteiger partial charge on any atom is -0.488 e. The first-order valence-corrected chi connectivity index (χ1v) is 9.27. The van der Waals surface area contributed by atoms with E-state index in [2.05, 4.69) is 4.99 Å². The quantitative estimate of drug-likeness (QED) is 0.845. The Balaban J connectivity index is 0.000000684. The smallest absolute Gasteiger partial charge is 0.272 e. The van der Waals surface area contributed by atoms with Gasteiger partial charge in [-0.2, -0.15) is 0 Å². The van der Waals surface area contributed by atoms with Crippen LogP contribution in [-0.4, -0.2) is 50.1 Å². The van der Waals surface area contributed by atoms with Gasteiger partial charge in [0, 0.05) is 19.2 Å². The van der Waals surface area contributed by atoms with Crippen LogP contribution in [0.5, 0.6) is 5.75 Å². The number of ether oxygens (including phenoxy) is 2. The Morgan fingerprint density at radius 3 is 2.75 bits per heavy atom. The zero-order valence-corrected chi connectivity index (χ0v) is 15.7. The van der Waals surface area contributed by atoms with Crippen LogP contribution in [-0.2, 0) is 15.1 Å². The summed E-state index contributed by atoms with van der Waals surface area (Å²) in [7, 11) is 1.50. The summed E-state index contributed by atoms with van der Waals surface area (Å²) in [5.74, 6) is -1.55. The molecule has 6 nitrogen and oxygen atoms in total. The van der Waals surface area contributed by atoms with Crippen LogP contribution in [0.4, 0.5) is 13.2 Å². The number of aliphatic imine (C=N–C) groups is 1. The van der Waals surface area contributed by atoms with Crippen LogP contribution >= 0.6 is 0 Å². The minimum absolute atomic E-state index is 0.0346. The normalized spacial score (nSPS) is 26.2. The van der Waals surface area contributed by atoms with Crippen molar-refractivity contribution in [2.75, 3.05) is 26.9 Å². The first kappa shape index (κ1) is 20.4. The van der Waals surface area contributed by atoms with Gasteiger partial charge in [-0.1, -0.05) is 19.3 Å². The molecule has 0 radical (unpaired) electrons. The Kier molecular flexibility index (Phi) is 6.12. The lowest BCUT2D eigenvalue weighted by atomic mass is 9.74. The maximum atomic E-state index is 14.6. The van der Waals surface area contributed by atoms with Crippen LogP contribution in [0.2, 0.25) is 0 Å². The van der Waals surface area contributed by atoms with Crippen molar-refractivity contribution in [3.05, 3.63) is 29.6 Å². The van der Waals surface area contributed by atoms with Gasteiger partial charge >= 0.3 is 0 Å². The largest absolute Gasteiger partial charge is 0.488 e. The number of carbonyl (C=O) groups excluding carboxylic acids is 1. The lowest BCUT2D eigenvalue weighted by Crippen LogP contribution is -2.58. The van der Waals surface area contributed by atoms with Crippen molar-refractivity contribution in [2.45, 2.75) is 37.6 Å². The highest BCUT2D eigenvalue weighted by atomic mass is 19.3. The maximum Gasteiger partial charge on any atom is 0.272 e. The molecule has 2 atom stereocenters. The monoisotopic (exact) mass is 399 g/mol. The fourth-order valence-corrected chi connectivity index (χ4v) is 3.24. The molecule has 4 rings (SSSR count). The molecule has 154 valence electrons. The summed E-state index contributed by atoms with van der Waals surface area (Å²) >= 11 is 0. The molecule has 0 spiro atoms. The van der Waals surface area contributed by atoms with E-state index in [9.17, 15) is 18.0 Å². The first-order chi connectivity index (χ1) is 13.3. The number of nitrogens with two attached hydrogens (primary N) is 1. The summed E-state index contributed by atoms with van der Waals surface area (Å²) in [6.07, 6.45) is 2.19. The minimum atomic E-state index is -2.66. The van der Waals surface area contributed by atoms with Crippen molar-refractivity contribution in [1.82, 2.24) is 4.90 Å². The average Bonchev–Trinajstić information content (AvgIpc) is 3.55. The van der Waals surface area contributed by atoms with Gasteiger partial charge in [0.05, 0.1) is 12.5 Å². The second-order valence-electron chi connectivity index (χ2n) is 7.09. The van der Waals surface area contributed by atoms with E-state index in [1.807, 2.05) is 0 Å². The van der Waals surface area contributed by atoms with Gasteiger partial charge in [0.2, 0.25) is 5.91 Å². The number of carbonyl (C=O) groups is 1. The molecule has 28 heavy (non-hydrogen) atoms. The second kappa shape index (κ2) is 8.38. The molecule has 1 amide bonds. The van der Waals surface area contributed by atoms with E-state index in [1.165, 1.54) is 43.3 Å². The third-order valence-electron chi connectivity index (χ3n) is 4.87. The molecule has 1 saturated carbocycles. The molecule has 1 saturated heterocycles. The summed E-state index contributed by atoms with van der Waals surface area (Å²) in [6, 6.07) is 3.64. The number of fused-ring (bicyclic) bond motifs is 1. The van der Waals surface area contributed by atoms with Gasteiger partial charge in [0.15, 0.2) is 5.96 Å². The molecule has 2 aliphatic heterocycles. The van der Waals surface area contributed by atoms with Crippen LogP contribution in [0.15, 0.2) is 23.2 Å². The highest BCUT2D eigenvalue weighted by molar-refractivity contribution is 6.00. The lowest BCUT2D eigenvalue weighted by molar-refractivity contribution is -0.140. The molecule has 3 aliphatic rings. The Bertz CT molecular complexity index is 754. The molecular formula is C19H24F3N3O3. The standard InChI is InChI=1S/C16H18F3N3O3.C3H6/c1-22-14(23)10-4-5-24-8-16(10,21-15(22)20)11-6-9(2-3-12(11)17)25-7-13(18)19;1-2-3-1/h2-3,6,10,13H,4-5,7-8H2,1H3,(H2,20,21);1-3H2.